The maximum atomic E-state index is 6.12. The maximum Gasteiger partial charge on any atom is 0.290 e. The fourth-order valence-electron chi connectivity index (χ4n) is 3.67. The van der Waals surface area contributed by atoms with E-state index in [1.165, 1.54) is 11.3 Å². The Morgan fingerprint density at radius 3 is 2.30 bits per heavy atom. The summed E-state index contributed by atoms with van der Waals surface area (Å²) in [6.07, 6.45) is 0. The molecule has 0 unspecified atom stereocenters. The van der Waals surface area contributed by atoms with Crippen molar-refractivity contribution in [3.63, 3.8) is 0 Å². The molecule has 0 aliphatic rings. The average Bonchev–Trinajstić information content (AvgIpc) is 3.24. The number of benzene rings is 2. The lowest BCUT2D eigenvalue weighted by Gasteiger charge is -2.22. The van der Waals surface area contributed by atoms with E-state index in [4.69, 9.17) is 18.6 Å². The third-order valence-electron chi connectivity index (χ3n) is 5.52. The van der Waals surface area contributed by atoms with Crippen molar-refractivity contribution in [1.29, 1.82) is 0 Å². The van der Waals surface area contributed by atoms with Crippen molar-refractivity contribution in [3.8, 4) is 23.2 Å². The minimum absolute atomic E-state index is 0.365. The lowest BCUT2D eigenvalue weighted by atomic mass is 9.98. The number of methoxy groups -OCH3 is 2. The van der Waals surface area contributed by atoms with Gasteiger partial charge in [0.25, 0.3) is 5.95 Å². The number of ether oxygens (including phenoxy) is 3. The number of nitrogens with one attached hydrogen (secondary N) is 1. The summed E-state index contributed by atoms with van der Waals surface area (Å²) in [5.41, 5.74) is 5.82. The van der Waals surface area contributed by atoms with Crippen LogP contribution >= 0.6 is 0 Å². The van der Waals surface area contributed by atoms with Crippen molar-refractivity contribution in [2.45, 2.75) is 33.6 Å². The van der Waals surface area contributed by atoms with Crippen LogP contribution in [0.5, 0.6) is 23.2 Å². The third kappa shape index (κ3) is 5.28. The van der Waals surface area contributed by atoms with Crippen LogP contribution in [0.3, 0.4) is 0 Å². The number of hydrogen-bond donors (Lipinski definition) is 1. The molecule has 1 N–H and O–H groups in total. The average molecular weight is 451 g/mol. The van der Waals surface area contributed by atoms with Gasteiger partial charge in [-0.2, -0.15) is 0 Å². The highest BCUT2D eigenvalue weighted by Gasteiger charge is 2.16. The molecule has 3 rings (SSSR count). The predicted molar refractivity (Wildman–Crippen MR) is 135 cm³/mol. The number of rotatable bonds is 9. The fourth-order valence-corrected chi connectivity index (χ4v) is 3.67. The molecule has 0 spiro atoms. The topological polar surface area (TPSA) is 56.1 Å². The zero-order chi connectivity index (χ0) is 24.3. The Labute approximate surface area is 196 Å². The molecule has 6 nitrogen and oxygen atoms in total. The Kier molecular flexibility index (Phi) is 7.26. The monoisotopic (exact) mass is 450 g/mol. The lowest BCUT2D eigenvalue weighted by molar-refractivity contribution is 0.341. The largest absolute Gasteiger partial charge is 0.497 e. The summed E-state index contributed by atoms with van der Waals surface area (Å²) in [4.78, 5) is 2.13. The highest BCUT2D eigenvalue weighted by Crippen LogP contribution is 2.38. The molecule has 0 aliphatic carbocycles. The van der Waals surface area contributed by atoms with Crippen LogP contribution in [0.1, 0.15) is 42.2 Å². The van der Waals surface area contributed by atoms with Crippen molar-refractivity contribution in [2.24, 2.45) is 0 Å². The highest BCUT2D eigenvalue weighted by molar-refractivity contribution is 5.79. The van der Waals surface area contributed by atoms with Gasteiger partial charge in [0.2, 0.25) is 0 Å². The molecule has 1 heterocycles. The summed E-state index contributed by atoms with van der Waals surface area (Å²) < 4.78 is 22.9. The van der Waals surface area contributed by atoms with E-state index in [-0.39, 0.29) is 0 Å². The minimum Gasteiger partial charge on any atom is -0.497 e. The second-order valence-electron chi connectivity index (χ2n) is 8.57. The Hall–Kier alpha value is -3.54. The van der Waals surface area contributed by atoms with Crippen LogP contribution in [0.4, 0.5) is 11.4 Å². The molecule has 2 aromatic carbocycles. The molecule has 176 valence electrons. The summed E-state index contributed by atoms with van der Waals surface area (Å²) in [6, 6.07) is 11.6. The molecule has 0 bridgehead atoms. The minimum atomic E-state index is 0.365. The standard InChI is InChI=1S/C27H34N2O4/c1-16(2)21-15-24(17(3)13-22(21)29(6)7)33-26-11-10-23(32-26)19(5)28-27-18(4)12-20(30-8)14-25(27)31-9/h10-16,28H,5H2,1-4,6-9H3. The Balaban J connectivity index is 1.82. The first-order valence-electron chi connectivity index (χ1n) is 10.9. The molecule has 0 aliphatic heterocycles. The van der Waals surface area contributed by atoms with E-state index in [1.54, 1.807) is 20.3 Å². The summed E-state index contributed by atoms with van der Waals surface area (Å²) in [5, 5.41) is 3.30. The number of hydrogen-bond acceptors (Lipinski definition) is 6. The molecule has 33 heavy (non-hydrogen) atoms. The van der Waals surface area contributed by atoms with Gasteiger partial charge in [-0.15, -0.1) is 0 Å². The number of aryl methyl sites for hydroxylation is 2. The van der Waals surface area contributed by atoms with Gasteiger partial charge in [0, 0.05) is 31.9 Å². The van der Waals surface area contributed by atoms with Gasteiger partial charge in [-0.25, -0.2) is 0 Å². The molecule has 0 saturated heterocycles. The molecule has 0 saturated carbocycles. The van der Waals surface area contributed by atoms with E-state index < -0.39 is 0 Å². The Bertz CT molecular complexity index is 1150. The SMILES string of the molecule is C=C(Nc1c(C)cc(OC)cc1OC)c1ccc(Oc2cc(C(C)C)c(N(C)C)cc2C)o1. The molecule has 0 atom stereocenters. The quantitative estimate of drug-likeness (QED) is 0.380. The molecule has 0 amide bonds. The Morgan fingerprint density at radius 2 is 1.70 bits per heavy atom. The summed E-state index contributed by atoms with van der Waals surface area (Å²) in [6.45, 7) is 12.5. The molecule has 0 fully saturated rings. The van der Waals surface area contributed by atoms with Gasteiger partial charge < -0.3 is 28.8 Å². The summed E-state index contributed by atoms with van der Waals surface area (Å²) in [7, 11) is 7.36. The van der Waals surface area contributed by atoms with E-state index in [0.717, 1.165) is 28.3 Å². The predicted octanol–water partition coefficient (Wildman–Crippen LogP) is 6.98. The van der Waals surface area contributed by atoms with E-state index in [0.29, 0.717) is 29.1 Å². The molecular weight excluding hydrogens is 416 g/mol. The van der Waals surface area contributed by atoms with Gasteiger partial charge in [0.15, 0.2) is 5.76 Å². The van der Waals surface area contributed by atoms with Crippen LogP contribution in [-0.2, 0) is 0 Å². The van der Waals surface area contributed by atoms with E-state index in [9.17, 15) is 0 Å². The highest BCUT2D eigenvalue weighted by atomic mass is 16.6. The zero-order valence-electron chi connectivity index (χ0n) is 20.8. The van der Waals surface area contributed by atoms with Gasteiger partial charge in [0.1, 0.15) is 17.2 Å². The van der Waals surface area contributed by atoms with E-state index in [2.05, 4.69) is 56.9 Å². The maximum absolute atomic E-state index is 6.12. The van der Waals surface area contributed by atoms with Crippen molar-refractivity contribution in [3.05, 3.63) is 65.4 Å². The van der Waals surface area contributed by atoms with Gasteiger partial charge >= 0.3 is 0 Å². The first kappa shape index (κ1) is 24.1. The normalized spacial score (nSPS) is 10.8. The number of furan rings is 1. The van der Waals surface area contributed by atoms with Crippen molar-refractivity contribution in [2.75, 3.05) is 38.5 Å². The van der Waals surface area contributed by atoms with Crippen LogP contribution in [0.2, 0.25) is 0 Å². The van der Waals surface area contributed by atoms with Crippen molar-refractivity contribution in [1.82, 2.24) is 0 Å². The van der Waals surface area contributed by atoms with Gasteiger partial charge in [-0.1, -0.05) is 20.4 Å². The number of nitrogens with zero attached hydrogens (tertiary/aromatic N) is 1. The second-order valence-corrected chi connectivity index (χ2v) is 8.57. The van der Waals surface area contributed by atoms with Crippen LogP contribution in [0, 0.1) is 13.8 Å². The van der Waals surface area contributed by atoms with Crippen LogP contribution < -0.4 is 24.4 Å². The van der Waals surface area contributed by atoms with Gasteiger partial charge in [0.05, 0.1) is 25.6 Å². The molecule has 1 aromatic heterocycles. The van der Waals surface area contributed by atoms with Gasteiger partial charge in [-0.3, -0.25) is 0 Å². The van der Waals surface area contributed by atoms with Crippen molar-refractivity contribution >= 4 is 17.1 Å². The zero-order valence-corrected chi connectivity index (χ0v) is 20.8. The first-order valence-corrected chi connectivity index (χ1v) is 10.9. The molecule has 6 heteroatoms. The second kappa shape index (κ2) is 9.94. The third-order valence-corrected chi connectivity index (χ3v) is 5.52. The van der Waals surface area contributed by atoms with E-state index in [1.807, 2.05) is 32.0 Å². The molecular formula is C27H34N2O4. The van der Waals surface area contributed by atoms with E-state index >= 15 is 0 Å². The number of anilines is 2. The van der Waals surface area contributed by atoms with Gasteiger partial charge in [-0.05, 0) is 60.7 Å². The van der Waals surface area contributed by atoms with Crippen LogP contribution in [0.25, 0.3) is 5.70 Å². The Morgan fingerprint density at radius 1 is 0.970 bits per heavy atom. The fraction of sp³-hybridized carbons (Fsp3) is 0.333. The van der Waals surface area contributed by atoms with Crippen molar-refractivity contribution < 1.29 is 18.6 Å². The lowest BCUT2D eigenvalue weighted by Crippen LogP contribution is -2.12. The summed E-state index contributed by atoms with van der Waals surface area (Å²) in [5.74, 6) is 3.51. The smallest absolute Gasteiger partial charge is 0.290 e. The molecule has 0 radical (unpaired) electrons. The summed E-state index contributed by atoms with van der Waals surface area (Å²) >= 11 is 0. The van der Waals surface area contributed by atoms with Crippen LogP contribution in [-0.4, -0.2) is 28.3 Å². The van der Waals surface area contributed by atoms with Crippen LogP contribution in [0.15, 0.2) is 47.4 Å². The first-order chi connectivity index (χ1) is 15.6. The molecule has 3 aromatic rings.